The predicted octanol–water partition coefficient (Wildman–Crippen LogP) is 4.31. The molecule has 1 aromatic heterocycles. The van der Waals surface area contributed by atoms with Gasteiger partial charge in [0.15, 0.2) is 0 Å². The average Bonchev–Trinajstić information content (AvgIpc) is 2.94. The van der Waals surface area contributed by atoms with E-state index in [9.17, 15) is 9.59 Å². The van der Waals surface area contributed by atoms with E-state index >= 15 is 0 Å². The fourth-order valence-electron chi connectivity index (χ4n) is 3.07. The fourth-order valence-corrected chi connectivity index (χ4v) is 3.25. The van der Waals surface area contributed by atoms with Gasteiger partial charge in [0.25, 0.3) is 11.8 Å². The number of pyridine rings is 1. The molecule has 5 nitrogen and oxygen atoms in total. The number of amides is 2. The van der Waals surface area contributed by atoms with Gasteiger partial charge in [-0.15, -0.1) is 0 Å². The number of carbonyl (C=O) groups is 2. The minimum absolute atomic E-state index is 0.0620. The molecule has 2 heterocycles. The van der Waals surface area contributed by atoms with E-state index in [0.717, 1.165) is 44.3 Å². The zero-order valence-corrected chi connectivity index (χ0v) is 15.6. The molecule has 0 unspecified atom stereocenters. The number of rotatable bonds is 3. The number of nitrogens with zero attached hydrogens (tertiary/aromatic N) is 2. The van der Waals surface area contributed by atoms with Gasteiger partial charge >= 0.3 is 0 Å². The first-order chi connectivity index (χ1) is 12.6. The molecule has 26 heavy (non-hydrogen) atoms. The lowest BCUT2D eigenvalue weighted by Gasteiger charge is -2.20. The monoisotopic (exact) mass is 371 g/mol. The van der Waals surface area contributed by atoms with Crippen LogP contribution in [0.1, 0.15) is 52.0 Å². The highest BCUT2D eigenvalue weighted by molar-refractivity contribution is 6.31. The lowest BCUT2D eigenvalue weighted by atomic mass is 10.1. The van der Waals surface area contributed by atoms with E-state index < -0.39 is 0 Å². The predicted molar refractivity (Wildman–Crippen MR) is 103 cm³/mol. The molecule has 1 saturated heterocycles. The number of likely N-dealkylation sites (tertiary alicyclic amines) is 1. The Morgan fingerprint density at radius 2 is 1.77 bits per heavy atom. The smallest absolute Gasteiger partial charge is 0.257 e. The maximum absolute atomic E-state index is 12.7. The molecule has 2 aromatic rings. The Bertz CT molecular complexity index is 814. The first-order valence-corrected chi connectivity index (χ1v) is 9.25. The number of anilines is 1. The van der Waals surface area contributed by atoms with Crippen molar-refractivity contribution in [1.29, 1.82) is 0 Å². The average molecular weight is 372 g/mol. The van der Waals surface area contributed by atoms with E-state index in [4.69, 9.17) is 11.6 Å². The van der Waals surface area contributed by atoms with Crippen molar-refractivity contribution in [3.63, 3.8) is 0 Å². The van der Waals surface area contributed by atoms with E-state index in [1.54, 1.807) is 24.3 Å². The molecule has 1 fully saturated rings. The van der Waals surface area contributed by atoms with Crippen LogP contribution in [0, 0.1) is 6.92 Å². The van der Waals surface area contributed by atoms with E-state index in [1.807, 2.05) is 11.8 Å². The number of benzene rings is 1. The lowest BCUT2D eigenvalue weighted by Crippen LogP contribution is -2.32. The quantitative estimate of drug-likeness (QED) is 0.874. The van der Waals surface area contributed by atoms with E-state index in [0.29, 0.717) is 21.8 Å². The van der Waals surface area contributed by atoms with Gasteiger partial charge in [0.05, 0.1) is 11.1 Å². The summed E-state index contributed by atoms with van der Waals surface area (Å²) < 4.78 is 0. The second-order valence-corrected chi connectivity index (χ2v) is 6.94. The molecule has 0 saturated carbocycles. The Hall–Kier alpha value is -2.40. The number of hydrogen-bond donors (Lipinski definition) is 1. The molecule has 0 aliphatic carbocycles. The van der Waals surface area contributed by atoms with Gasteiger partial charge in [-0.1, -0.05) is 30.5 Å². The maximum atomic E-state index is 12.7. The highest BCUT2D eigenvalue weighted by Gasteiger charge is 2.19. The summed E-state index contributed by atoms with van der Waals surface area (Å²) in [5, 5.41) is 3.42. The number of aromatic nitrogens is 1. The highest BCUT2D eigenvalue weighted by atomic mass is 35.5. The van der Waals surface area contributed by atoms with Gasteiger partial charge in [-0.25, -0.2) is 0 Å². The highest BCUT2D eigenvalue weighted by Crippen LogP contribution is 2.23. The molecule has 136 valence electrons. The zero-order valence-electron chi connectivity index (χ0n) is 14.8. The SMILES string of the molecule is Cc1c(Cl)cccc1NC(=O)c1cncc(C(=O)N2CCCCCC2)c1. The molecular formula is C20H22ClN3O2. The molecule has 0 bridgehead atoms. The minimum atomic E-state index is -0.312. The normalized spacial score (nSPS) is 14.6. The largest absolute Gasteiger partial charge is 0.339 e. The van der Waals surface area contributed by atoms with Crippen molar-refractivity contribution in [2.24, 2.45) is 0 Å². The second-order valence-electron chi connectivity index (χ2n) is 6.54. The maximum Gasteiger partial charge on any atom is 0.257 e. The third kappa shape index (κ3) is 4.22. The van der Waals surface area contributed by atoms with Crippen molar-refractivity contribution in [2.75, 3.05) is 18.4 Å². The van der Waals surface area contributed by atoms with Crippen LogP contribution < -0.4 is 5.32 Å². The number of hydrogen-bond acceptors (Lipinski definition) is 3. The Morgan fingerprint density at radius 3 is 2.50 bits per heavy atom. The van der Waals surface area contributed by atoms with Crippen LogP contribution in [-0.2, 0) is 0 Å². The van der Waals surface area contributed by atoms with Gasteiger partial charge in [0.2, 0.25) is 0 Å². The summed E-state index contributed by atoms with van der Waals surface area (Å²) in [6.07, 6.45) is 7.34. The summed E-state index contributed by atoms with van der Waals surface area (Å²) in [5.41, 5.74) is 2.24. The van der Waals surface area contributed by atoms with Crippen LogP contribution in [0.2, 0.25) is 5.02 Å². The van der Waals surface area contributed by atoms with E-state index in [-0.39, 0.29) is 11.8 Å². The standard InChI is InChI=1S/C20H22ClN3O2/c1-14-17(21)7-6-8-18(14)23-19(25)15-11-16(13-22-12-15)20(26)24-9-4-2-3-5-10-24/h6-8,11-13H,2-5,9-10H2,1H3,(H,23,25). The molecule has 0 spiro atoms. The lowest BCUT2D eigenvalue weighted by molar-refractivity contribution is 0.0761. The van der Waals surface area contributed by atoms with Crippen molar-refractivity contribution in [3.8, 4) is 0 Å². The molecule has 2 amide bonds. The van der Waals surface area contributed by atoms with Gasteiger partial charge in [-0.3, -0.25) is 14.6 Å². The van der Waals surface area contributed by atoms with Crippen LogP contribution in [-0.4, -0.2) is 34.8 Å². The van der Waals surface area contributed by atoms with Crippen LogP contribution in [0.3, 0.4) is 0 Å². The number of nitrogens with one attached hydrogen (secondary N) is 1. The number of halogens is 1. The molecule has 1 aromatic carbocycles. The van der Waals surface area contributed by atoms with Gasteiger partial charge in [0, 0.05) is 36.2 Å². The van der Waals surface area contributed by atoms with Crippen LogP contribution >= 0.6 is 11.6 Å². The minimum Gasteiger partial charge on any atom is -0.339 e. The van der Waals surface area contributed by atoms with Gasteiger partial charge < -0.3 is 10.2 Å². The van der Waals surface area contributed by atoms with Crippen molar-refractivity contribution in [1.82, 2.24) is 9.88 Å². The van der Waals surface area contributed by atoms with Crippen LogP contribution in [0.5, 0.6) is 0 Å². The summed E-state index contributed by atoms with van der Waals surface area (Å²) in [5.74, 6) is -0.374. The van der Waals surface area contributed by atoms with Crippen LogP contribution in [0.25, 0.3) is 0 Å². The van der Waals surface area contributed by atoms with Crippen molar-refractivity contribution in [2.45, 2.75) is 32.6 Å². The Morgan fingerprint density at radius 1 is 1.08 bits per heavy atom. The summed E-state index contributed by atoms with van der Waals surface area (Å²) in [6, 6.07) is 6.95. The molecule has 0 atom stereocenters. The Labute approximate surface area is 158 Å². The van der Waals surface area contributed by atoms with E-state index in [2.05, 4.69) is 10.3 Å². The third-order valence-electron chi connectivity index (χ3n) is 4.66. The van der Waals surface area contributed by atoms with Crippen molar-refractivity contribution >= 4 is 29.1 Å². The topological polar surface area (TPSA) is 62.3 Å². The first-order valence-electron chi connectivity index (χ1n) is 8.87. The molecule has 1 aliphatic heterocycles. The molecule has 6 heteroatoms. The summed E-state index contributed by atoms with van der Waals surface area (Å²) in [4.78, 5) is 31.2. The van der Waals surface area contributed by atoms with Crippen molar-refractivity contribution in [3.05, 3.63) is 58.4 Å². The van der Waals surface area contributed by atoms with Gasteiger partial charge in [-0.05, 0) is 43.5 Å². The summed E-state index contributed by atoms with van der Waals surface area (Å²) in [7, 11) is 0. The Kier molecular flexibility index (Phi) is 5.89. The zero-order chi connectivity index (χ0) is 18.5. The first kappa shape index (κ1) is 18.4. The third-order valence-corrected chi connectivity index (χ3v) is 5.07. The van der Waals surface area contributed by atoms with Crippen LogP contribution in [0.4, 0.5) is 5.69 Å². The Balaban J connectivity index is 1.76. The summed E-state index contributed by atoms with van der Waals surface area (Å²) >= 11 is 6.10. The van der Waals surface area contributed by atoms with Gasteiger partial charge in [0.1, 0.15) is 0 Å². The van der Waals surface area contributed by atoms with Gasteiger partial charge in [-0.2, -0.15) is 0 Å². The molecular weight excluding hydrogens is 350 g/mol. The molecule has 3 rings (SSSR count). The van der Waals surface area contributed by atoms with Crippen LogP contribution in [0.15, 0.2) is 36.7 Å². The van der Waals surface area contributed by atoms with Crippen molar-refractivity contribution < 1.29 is 9.59 Å². The number of carbonyl (C=O) groups excluding carboxylic acids is 2. The molecule has 0 radical (unpaired) electrons. The second kappa shape index (κ2) is 8.32. The molecule has 1 aliphatic rings. The molecule has 1 N–H and O–H groups in total. The fraction of sp³-hybridized carbons (Fsp3) is 0.350. The van der Waals surface area contributed by atoms with E-state index in [1.165, 1.54) is 12.4 Å². The summed E-state index contributed by atoms with van der Waals surface area (Å²) in [6.45, 7) is 3.36.